The molecule has 0 atom stereocenters. The van der Waals surface area contributed by atoms with Gasteiger partial charge in [-0.2, -0.15) is 5.56 Å². The molecule has 0 aliphatic rings. The van der Waals surface area contributed by atoms with Gasteiger partial charge in [0.2, 0.25) is 0 Å². The Kier molecular flexibility index (Phi) is 2.82. The van der Waals surface area contributed by atoms with Crippen molar-refractivity contribution in [2.45, 2.75) is 13.8 Å². The predicted molar refractivity (Wildman–Crippen MR) is 49.0 cm³/mol. The van der Waals surface area contributed by atoms with Gasteiger partial charge >= 0.3 is 0 Å². The fraction of sp³-hybridized carbons (Fsp3) is 0.182. The van der Waals surface area contributed by atoms with E-state index in [1.165, 1.54) is 21.9 Å². The second-order valence-electron chi connectivity index (χ2n) is 3.06. The third-order valence-electron chi connectivity index (χ3n) is 2.21. The molecule has 0 saturated carbocycles. The fourth-order valence-electron chi connectivity index (χ4n) is 1.65. The van der Waals surface area contributed by atoms with Crippen LogP contribution in [-0.2, 0) is 21.7 Å². The summed E-state index contributed by atoms with van der Waals surface area (Å²) in [5.41, 5.74) is 2.77. The van der Waals surface area contributed by atoms with Gasteiger partial charge in [0.15, 0.2) is 0 Å². The van der Waals surface area contributed by atoms with Gasteiger partial charge in [-0.05, 0) is 0 Å². The molecule has 2 aromatic rings. The first kappa shape index (κ1) is 9.63. The van der Waals surface area contributed by atoms with Gasteiger partial charge in [-0.1, -0.05) is 19.9 Å². The summed E-state index contributed by atoms with van der Waals surface area (Å²) >= 11 is 0. The molecule has 0 aliphatic heterocycles. The molecule has 0 aromatic heterocycles. The van der Waals surface area contributed by atoms with Gasteiger partial charge in [0, 0.05) is 21.7 Å². The minimum atomic E-state index is 0. The van der Waals surface area contributed by atoms with E-state index in [1.807, 2.05) is 0 Å². The van der Waals surface area contributed by atoms with Crippen LogP contribution < -0.4 is 0 Å². The Morgan fingerprint density at radius 2 is 1.83 bits per heavy atom. The molecular formula is C11H11Ti-. The molecule has 0 N–H and O–H groups in total. The molecule has 0 bridgehead atoms. The summed E-state index contributed by atoms with van der Waals surface area (Å²) in [6, 6.07) is 10.8. The van der Waals surface area contributed by atoms with Crippen LogP contribution in [0, 0.1) is 13.8 Å². The molecule has 0 aliphatic carbocycles. The van der Waals surface area contributed by atoms with Crippen molar-refractivity contribution in [3.8, 4) is 0 Å². The first-order valence-corrected chi connectivity index (χ1v) is 3.90. The second-order valence-corrected chi connectivity index (χ2v) is 3.06. The molecule has 0 amide bonds. The maximum atomic E-state index is 2.24. The molecular weight excluding hydrogens is 180 g/mol. The van der Waals surface area contributed by atoms with Gasteiger partial charge in [0.05, 0.1) is 0 Å². The quantitative estimate of drug-likeness (QED) is 0.443. The van der Waals surface area contributed by atoms with E-state index in [0.717, 1.165) is 0 Å². The molecule has 0 saturated heterocycles. The van der Waals surface area contributed by atoms with Crippen LogP contribution in [0.4, 0.5) is 0 Å². The standard InChI is InChI=1S/C11H11.Ti/c1-8-7-9(2)11-6-4-3-5-10(8)11;/h3-7H,1-2H3;/q-1;. The fourth-order valence-corrected chi connectivity index (χ4v) is 1.65. The van der Waals surface area contributed by atoms with Crippen molar-refractivity contribution in [3.05, 3.63) is 41.5 Å². The van der Waals surface area contributed by atoms with E-state index in [2.05, 4.69) is 44.2 Å². The van der Waals surface area contributed by atoms with Gasteiger partial charge in [-0.15, -0.1) is 40.6 Å². The van der Waals surface area contributed by atoms with Gasteiger partial charge in [0.25, 0.3) is 0 Å². The molecule has 60 valence electrons. The van der Waals surface area contributed by atoms with Crippen molar-refractivity contribution in [1.29, 1.82) is 0 Å². The Morgan fingerprint density at radius 1 is 1.17 bits per heavy atom. The van der Waals surface area contributed by atoms with Gasteiger partial charge in [-0.3, -0.25) is 0 Å². The van der Waals surface area contributed by atoms with Gasteiger partial charge < -0.3 is 0 Å². The molecule has 0 heterocycles. The summed E-state index contributed by atoms with van der Waals surface area (Å²) in [6.07, 6.45) is 0. The topological polar surface area (TPSA) is 0 Å². The monoisotopic (exact) mass is 191 g/mol. The molecule has 0 spiro atoms. The van der Waals surface area contributed by atoms with E-state index in [1.54, 1.807) is 0 Å². The molecule has 1 heteroatoms. The van der Waals surface area contributed by atoms with E-state index in [9.17, 15) is 0 Å². The minimum Gasteiger partial charge on any atom is -0.156 e. The number of hydrogen-bond donors (Lipinski definition) is 0. The van der Waals surface area contributed by atoms with Crippen molar-refractivity contribution >= 4 is 10.8 Å². The Hall–Kier alpha value is -0.456. The smallest absolute Gasteiger partial charge is 0 e. The van der Waals surface area contributed by atoms with Crippen LogP contribution in [0.3, 0.4) is 0 Å². The van der Waals surface area contributed by atoms with Crippen LogP contribution >= 0.6 is 0 Å². The molecule has 2 aromatic carbocycles. The molecule has 12 heavy (non-hydrogen) atoms. The van der Waals surface area contributed by atoms with E-state index in [0.29, 0.717) is 0 Å². The summed E-state index contributed by atoms with van der Waals surface area (Å²) in [5.74, 6) is 0. The summed E-state index contributed by atoms with van der Waals surface area (Å²) in [6.45, 7) is 4.32. The summed E-state index contributed by atoms with van der Waals surface area (Å²) in [5, 5.41) is 2.79. The molecule has 0 nitrogen and oxygen atoms in total. The molecule has 0 unspecified atom stereocenters. The Labute approximate surface area is 87.8 Å². The Balaban J connectivity index is 0.000000720. The number of fused-ring (bicyclic) bond motifs is 1. The maximum Gasteiger partial charge on any atom is 0 e. The van der Waals surface area contributed by atoms with Crippen LogP contribution in [0.2, 0.25) is 0 Å². The van der Waals surface area contributed by atoms with Crippen molar-refractivity contribution in [3.63, 3.8) is 0 Å². The molecule has 0 fully saturated rings. The number of hydrogen-bond acceptors (Lipinski definition) is 0. The maximum absolute atomic E-state index is 2.24. The van der Waals surface area contributed by atoms with Crippen LogP contribution in [-0.4, -0.2) is 0 Å². The van der Waals surface area contributed by atoms with Crippen molar-refractivity contribution < 1.29 is 21.7 Å². The average molecular weight is 191 g/mol. The molecule has 0 radical (unpaired) electrons. The zero-order valence-electron chi connectivity index (χ0n) is 7.39. The third-order valence-corrected chi connectivity index (χ3v) is 2.21. The van der Waals surface area contributed by atoms with E-state index in [-0.39, 0.29) is 21.7 Å². The van der Waals surface area contributed by atoms with Gasteiger partial charge in [-0.25, -0.2) is 0 Å². The Bertz CT molecular complexity index is 349. The second kappa shape index (κ2) is 3.51. The van der Waals surface area contributed by atoms with Crippen LogP contribution in [0.25, 0.3) is 10.8 Å². The average Bonchev–Trinajstić information content (AvgIpc) is 2.30. The van der Waals surface area contributed by atoms with Crippen molar-refractivity contribution in [2.75, 3.05) is 0 Å². The number of rotatable bonds is 0. The first-order valence-electron chi connectivity index (χ1n) is 3.90. The van der Waals surface area contributed by atoms with Gasteiger partial charge in [0.1, 0.15) is 0 Å². The van der Waals surface area contributed by atoms with E-state index >= 15 is 0 Å². The van der Waals surface area contributed by atoms with Crippen LogP contribution in [0.15, 0.2) is 30.3 Å². The largest absolute Gasteiger partial charge is 0.156 e. The Morgan fingerprint density at radius 3 is 2.50 bits per heavy atom. The number of benzene rings is 1. The van der Waals surface area contributed by atoms with Crippen molar-refractivity contribution in [1.82, 2.24) is 0 Å². The summed E-state index contributed by atoms with van der Waals surface area (Å²) in [4.78, 5) is 0. The zero-order valence-corrected chi connectivity index (χ0v) is 8.95. The van der Waals surface area contributed by atoms with Crippen LogP contribution in [0.5, 0.6) is 0 Å². The summed E-state index contributed by atoms with van der Waals surface area (Å²) in [7, 11) is 0. The predicted octanol–water partition coefficient (Wildman–Crippen LogP) is 3.17. The third kappa shape index (κ3) is 1.37. The molecule has 2 rings (SSSR count). The normalized spacial score (nSPS) is 9.83. The zero-order chi connectivity index (χ0) is 7.84. The van der Waals surface area contributed by atoms with E-state index < -0.39 is 0 Å². The first-order chi connectivity index (χ1) is 5.29. The van der Waals surface area contributed by atoms with E-state index in [4.69, 9.17) is 0 Å². The van der Waals surface area contributed by atoms with Crippen molar-refractivity contribution in [2.24, 2.45) is 0 Å². The minimum absolute atomic E-state index is 0. The number of aryl methyl sites for hydroxylation is 2. The summed E-state index contributed by atoms with van der Waals surface area (Å²) < 4.78 is 0. The SMILES string of the molecule is Cc1c[c-](C)c2ccccc12.[Ti]. The van der Waals surface area contributed by atoms with Crippen LogP contribution in [0.1, 0.15) is 11.1 Å².